The van der Waals surface area contributed by atoms with Crippen LogP contribution in [-0.2, 0) is 0 Å². The van der Waals surface area contributed by atoms with E-state index >= 15 is 0 Å². The van der Waals surface area contributed by atoms with Crippen LogP contribution in [0.15, 0.2) is 48.5 Å². The van der Waals surface area contributed by atoms with Crippen molar-refractivity contribution in [3.63, 3.8) is 0 Å². The Hall–Kier alpha value is -2.89. The van der Waals surface area contributed by atoms with E-state index in [-0.39, 0.29) is 0 Å². The van der Waals surface area contributed by atoms with Crippen LogP contribution in [0.25, 0.3) is 17.1 Å². The van der Waals surface area contributed by atoms with E-state index in [1.807, 2.05) is 48.5 Å². The minimum atomic E-state index is 0.630. The summed E-state index contributed by atoms with van der Waals surface area (Å²) in [6.45, 7) is 0. The van der Waals surface area contributed by atoms with Gasteiger partial charge >= 0.3 is 0 Å². The number of nitrogens with zero attached hydrogens (tertiary/aromatic N) is 4. The molecule has 100 valence electrons. The Morgan fingerprint density at radius 2 is 1.95 bits per heavy atom. The number of ether oxygens (including phenoxy) is 1. The molecule has 6 heteroatoms. The fraction of sp³-hybridized carbons (Fsp3) is 0.0714. The Balaban J connectivity index is 2.10. The smallest absolute Gasteiger partial charge is 0.187 e. The minimum absolute atomic E-state index is 0.630. The third-order valence-corrected chi connectivity index (χ3v) is 2.91. The molecule has 0 saturated carbocycles. The van der Waals surface area contributed by atoms with Crippen molar-refractivity contribution in [2.24, 2.45) is 0 Å². The van der Waals surface area contributed by atoms with Gasteiger partial charge in [-0.1, -0.05) is 18.2 Å². The number of hydrogen-bond acceptors (Lipinski definition) is 5. The first kappa shape index (κ1) is 12.2. The average Bonchev–Trinajstić information content (AvgIpc) is 2.97. The largest absolute Gasteiger partial charge is 0.497 e. The Morgan fingerprint density at radius 1 is 1.10 bits per heavy atom. The molecular weight excluding hydrogens is 254 g/mol. The lowest BCUT2D eigenvalue weighted by Crippen LogP contribution is -2.00. The molecule has 6 nitrogen and oxygen atoms in total. The molecule has 2 aromatic carbocycles. The second-order valence-corrected chi connectivity index (χ2v) is 4.24. The maximum Gasteiger partial charge on any atom is 0.187 e. The summed E-state index contributed by atoms with van der Waals surface area (Å²) in [5, 5.41) is 11.8. The molecule has 2 N–H and O–H groups in total. The molecule has 0 aliphatic rings. The summed E-state index contributed by atoms with van der Waals surface area (Å²) in [7, 11) is 1.62. The molecular formula is C14H13N5O. The van der Waals surface area contributed by atoms with Gasteiger partial charge in [-0.25, -0.2) is 0 Å². The fourth-order valence-corrected chi connectivity index (χ4v) is 1.96. The monoisotopic (exact) mass is 267 g/mol. The second kappa shape index (κ2) is 5.00. The molecule has 0 bridgehead atoms. The predicted octanol–water partition coefficient (Wildman–Crippen LogP) is 1.92. The Kier molecular flexibility index (Phi) is 3.04. The lowest BCUT2D eigenvalue weighted by Gasteiger charge is -2.06. The maximum atomic E-state index is 5.80. The zero-order valence-electron chi connectivity index (χ0n) is 10.9. The highest BCUT2D eigenvalue weighted by molar-refractivity contribution is 5.62. The molecule has 0 amide bonds. The summed E-state index contributed by atoms with van der Waals surface area (Å²) < 4.78 is 6.87. The fourth-order valence-electron chi connectivity index (χ4n) is 1.96. The van der Waals surface area contributed by atoms with Gasteiger partial charge in [-0.3, -0.25) is 0 Å². The number of nitrogens with two attached hydrogens (primary N) is 1. The molecule has 0 fully saturated rings. The summed E-state index contributed by atoms with van der Waals surface area (Å²) >= 11 is 0. The van der Waals surface area contributed by atoms with Crippen LogP contribution in [0.4, 0.5) is 5.69 Å². The van der Waals surface area contributed by atoms with Crippen LogP contribution in [0.5, 0.6) is 5.75 Å². The average molecular weight is 267 g/mol. The molecule has 20 heavy (non-hydrogen) atoms. The lowest BCUT2D eigenvalue weighted by molar-refractivity contribution is 0.414. The number of tetrazole rings is 1. The van der Waals surface area contributed by atoms with Crippen LogP contribution in [0.2, 0.25) is 0 Å². The van der Waals surface area contributed by atoms with Crippen LogP contribution >= 0.6 is 0 Å². The van der Waals surface area contributed by atoms with Crippen molar-refractivity contribution in [2.75, 3.05) is 12.8 Å². The highest BCUT2D eigenvalue weighted by Crippen LogP contribution is 2.23. The van der Waals surface area contributed by atoms with Gasteiger partial charge in [-0.2, -0.15) is 4.68 Å². The second-order valence-electron chi connectivity index (χ2n) is 4.24. The molecule has 0 radical (unpaired) electrons. The van der Waals surface area contributed by atoms with E-state index in [9.17, 15) is 0 Å². The molecule has 1 heterocycles. The molecule has 0 aliphatic carbocycles. The van der Waals surface area contributed by atoms with Crippen LogP contribution in [-0.4, -0.2) is 27.3 Å². The third-order valence-electron chi connectivity index (χ3n) is 2.91. The van der Waals surface area contributed by atoms with Gasteiger partial charge in [0.05, 0.1) is 12.8 Å². The van der Waals surface area contributed by atoms with Crippen LogP contribution in [0.1, 0.15) is 0 Å². The number of methoxy groups -OCH3 is 1. The molecule has 0 unspecified atom stereocenters. The van der Waals surface area contributed by atoms with E-state index in [0.29, 0.717) is 11.5 Å². The zero-order valence-corrected chi connectivity index (χ0v) is 10.9. The van der Waals surface area contributed by atoms with Crippen molar-refractivity contribution in [3.8, 4) is 22.8 Å². The van der Waals surface area contributed by atoms with Gasteiger partial charge in [0.15, 0.2) is 5.82 Å². The van der Waals surface area contributed by atoms with E-state index in [1.54, 1.807) is 11.8 Å². The van der Waals surface area contributed by atoms with Crippen LogP contribution < -0.4 is 10.5 Å². The van der Waals surface area contributed by atoms with Crippen molar-refractivity contribution >= 4 is 5.69 Å². The Labute approximate surface area is 115 Å². The van der Waals surface area contributed by atoms with Crippen molar-refractivity contribution in [1.82, 2.24) is 20.2 Å². The van der Waals surface area contributed by atoms with Crippen molar-refractivity contribution in [2.45, 2.75) is 0 Å². The van der Waals surface area contributed by atoms with Crippen molar-refractivity contribution in [1.29, 1.82) is 0 Å². The van der Waals surface area contributed by atoms with Gasteiger partial charge in [0, 0.05) is 17.3 Å². The van der Waals surface area contributed by atoms with E-state index in [4.69, 9.17) is 10.5 Å². The summed E-state index contributed by atoms with van der Waals surface area (Å²) in [4.78, 5) is 0. The highest BCUT2D eigenvalue weighted by atomic mass is 16.5. The molecule has 0 atom stereocenters. The number of aromatic nitrogens is 4. The standard InChI is InChI=1S/C14H13N5O/c1-20-13-7-3-6-12(9-13)19-14(16-17-18-19)10-4-2-5-11(15)8-10/h2-9H,15H2,1H3. The van der Waals surface area contributed by atoms with Crippen LogP contribution in [0, 0.1) is 0 Å². The highest BCUT2D eigenvalue weighted by Gasteiger charge is 2.11. The van der Waals surface area contributed by atoms with Gasteiger partial charge < -0.3 is 10.5 Å². The topological polar surface area (TPSA) is 78.8 Å². The van der Waals surface area contributed by atoms with Gasteiger partial charge in [0.2, 0.25) is 0 Å². The van der Waals surface area contributed by atoms with E-state index in [0.717, 1.165) is 17.0 Å². The zero-order chi connectivity index (χ0) is 13.9. The lowest BCUT2D eigenvalue weighted by atomic mass is 10.2. The van der Waals surface area contributed by atoms with Gasteiger partial charge in [-0.15, -0.1) is 5.10 Å². The number of benzene rings is 2. The van der Waals surface area contributed by atoms with E-state index in [1.165, 1.54) is 0 Å². The predicted molar refractivity (Wildman–Crippen MR) is 75.6 cm³/mol. The normalized spacial score (nSPS) is 10.4. The van der Waals surface area contributed by atoms with Crippen molar-refractivity contribution in [3.05, 3.63) is 48.5 Å². The number of hydrogen-bond donors (Lipinski definition) is 1. The molecule has 3 rings (SSSR count). The van der Waals surface area contributed by atoms with E-state index in [2.05, 4.69) is 15.5 Å². The first-order valence-corrected chi connectivity index (χ1v) is 6.06. The third kappa shape index (κ3) is 2.18. The van der Waals surface area contributed by atoms with Gasteiger partial charge in [-0.05, 0) is 34.7 Å². The summed E-state index contributed by atoms with van der Waals surface area (Å²) in [5.41, 5.74) is 8.16. The molecule has 0 saturated heterocycles. The summed E-state index contributed by atoms with van der Waals surface area (Å²) in [5.74, 6) is 1.38. The summed E-state index contributed by atoms with van der Waals surface area (Å²) in [6.07, 6.45) is 0. The molecule has 0 spiro atoms. The SMILES string of the molecule is COc1cccc(-n2nnnc2-c2cccc(N)c2)c1. The summed E-state index contributed by atoms with van der Waals surface area (Å²) in [6, 6.07) is 15.0. The molecule has 0 aliphatic heterocycles. The van der Waals surface area contributed by atoms with Crippen LogP contribution in [0.3, 0.4) is 0 Å². The quantitative estimate of drug-likeness (QED) is 0.733. The molecule has 1 aromatic heterocycles. The number of nitrogen functional groups attached to an aromatic ring is 1. The van der Waals surface area contributed by atoms with Gasteiger partial charge in [0.25, 0.3) is 0 Å². The number of anilines is 1. The first-order valence-electron chi connectivity index (χ1n) is 6.06. The van der Waals surface area contributed by atoms with Crippen molar-refractivity contribution < 1.29 is 4.74 Å². The first-order chi connectivity index (χ1) is 9.78. The maximum absolute atomic E-state index is 5.80. The Bertz CT molecular complexity index is 738. The van der Waals surface area contributed by atoms with Gasteiger partial charge in [0.1, 0.15) is 5.75 Å². The Morgan fingerprint density at radius 3 is 2.75 bits per heavy atom. The molecule has 3 aromatic rings. The minimum Gasteiger partial charge on any atom is -0.497 e. The number of rotatable bonds is 3. The van der Waals surface area contributed by atoms with E-state index < -0.39 is 0 Å².